The zero-order chi connectivity index (χ0) is 13.7. The molecule has 0 saturated carbocycles. The van der Waals surface area contributed by atoms with Gasteiger partial charge in [0, 0.05) is 34.5 Å². The van der Waals surface area contributed by atoms with Gasteiger partial charge in [-0.05, 0) is 35.1 Å². The standard InChI is InChI=1S/C14H14BrClN2O/c1-17-7-11-3-2-4-13(16)14(11)19-9-10-5-12(15)8-18-6-10/h2-6,8,17H,7,9H2,1H3. The van der Waals surface area contributed by atoms with Crippen molar-refractivity contribution in [3.05, 3.63) is 57.3 Å². The maximum absolute atomic E-state index is 6.18. The second kappa shape index (κ2) is 6.89. The molecule has 0 aliphatic heterocycles. The Morgan fingerprint density at radius 1 is 1.37 bits per heavy atom. The number of halogens is 2. The minimum Gasteiger partial charge on any atom is -0.487 e. The highest BCUT2D eigenvalue weighted by Crippen LogP contribution is 2.29. The predicted molar refractivity (Wildman–Crippen MR) is 80.5 cm³/mol. The summed E-state index contributed by atoms with van der Waals surface area (Å²) in [6.45, 7) is 1.15. The van der Waals surface area contributed by atoms with Crippen LogP contribution in [-0.4, -0.2) is 12.0 Å². The summed E-state index contributed by atoms with van der Waals surface area (Å²) in [5, 5.41) is 3.72. The van der Waals surface area contributed by atoms with Gasteiger partial charge in [-0.1, -0.05) is 23.7 Å². The van der Waals surface area contributed by atoms with E-state index >= 15 is 0 Å². The summed E-state index contributed by atoms with van der Waals surface area (Å²) in [5.74, 6) is 0.721. The number of ether oxygens (including phenoxy) is 1. The SMILES string of the molecule is CNCc1cccc(Cl)c1OCc1cncc(Br)c1. The lowest BCUT2D eigenvalue weighted by Gasteiger charge is -2.13. The van der Waals surface area contributed by atoms with Gasteiger partial charge in [0.15, 0.2) is 0 Å². The van der Waals surface area contributed by atoms with Crippen LogP contribution < -0.4 is 10.1 Å². The molecule has 0 spiro atoms. The second-order valence-electron chi connectivity index (χ2n) is 4.06. The summed E-state index contributed by atoms with van der Waals surface area (Å²) >= 11 is 9.57. The van der Waals surface area contributed by atoms with E-state index in [-0.39, 0.29) is 0 Å². The van der Waals surface area contributed by atoms with Crippen LogP contribution in [0.25, 0.3) is 0 Å². The quantitative estimate of drug-likeness (QED) is 0.898. The molecular formula is C14H14BrClN2O. The van der Waals surface area contributed by atoms with Crippen LogP contribution >= 0.6 is 27.5 Å². The van der Waals surface area contributed by atoms with Gasteiger partial charge in [-0.15, -0.1) is 0 Å². The molecule has 0 unspecified atom stereocenters. The van der Waals surface area contributed by atoms with Gasteiger partial charge in [0.1, 0.15) is 12.4 Å². The number of para-hydroxylation sites is 1. The molecular weight excluding hydrogens is 328 g/mol. The fraction of sp³-hybridized carbons (Fsp3) is 0.214. The Labute approximate surface area is 126 Å². The van der Waals surface area contributed by atoms with E-state index < -0.39 is 0 Å². The van der Waals surface area contributed by atoms with Gasteiger partial charge in [-0.2, -0.15) is 0 Å². The topological polar surface area (TPSA) is 34.1 Å². The Bertz CT molecular complexity index is 563. The normalized spacial score (nSPS) is 10.5. The van der Waals surface area contributed by atoms with Gasteiger partial charge in [0.25, 0.3) is 0 Å². The minimum atomic E-state index is 0.437. The number of aromatic nitrogens is 1. The van der Waals surface area contributed by atoms with E-state index in [2.05, 4.69) is 26.2 Å². The van der Waals surface area contributed by atoms with E-state index in [9.17, 15) is 0 Å². The van der Waals surface area contributed by atoms with Gasteiger partial charge in [0.2, 0.25) is 0 Å². The Balaban J connectivity index is 2.14. The number of hydrogen-bond acceptors (Lipinski definition) is 3. The molecule has 3 nitrogen and oxygen atoms in total. The lowest BCUT2D eigenvalue weighted by molar-refractivity contribution is 0.302. The van der Waals surface area contributed by atoms with Crippen LogP contribution in [0.2, 0.25) is 5.02 Å². The minimum absolute atomic E-state index is 0.437. The fourth-order valence-corrected chi connectivity index (χ4v) is 2.40. The first-order valence-corrected chi connectivity index (χ1v) is 7.02. The van der Waals surface area contributed by atoms with Crippen molar-refractivity contribution >= 4 is 27.5 Å². The Hall–Kier alpha value is -1.10. The number of rotatable bonds is 5. The van der Waals surface area contributed by atoms with Crippen molar-refractivity contribution in [2.24, 2.45) is 0 Å². The molecule has 1 heterocycles. The first kappa shape index (κ1) is 14.3. The highest BCUT2D eigenvalue weighted by atomic mass is 79.9. The maximum atomic E-state index is 6.18. The first-order valence-electron chi connectivity index (χ1n) is 5.85. The molecule has 5 heteroatoms. The van der Waals surface area contributed by atoms with Crippen molar-refractivity contribution in [3.8, 4) is 5.75 Å². The van der Waals surface area contributed by atoms with Crippen LogP contribution in [0.3, 0.4) is 0 Å². The largest absolute Gasteiger partial charge is 0.487 e. The maximum Gasteiger partial charge on any atom is 0.142 e. The molecule has 2 rings (SSSR count). The van der Waals surface area contributed by atoms with Crippen molar-refractivity contribution in [1.29, 1.82) is 0 Å². The molecule has 1 aromatic heterocycles. The van der Waals surface area contributed by atoms with Gasteiger partial charge in [-0.25, -0.2) is 0 Å². The molecule has 0 aliphatic carbocycles. The highest BCUT2D eigenvalue weighted by molar-refractivity contribution is 9.10. The third-order valence-corrected chi connectivity index (χ3v) is 3.29. The Morgan fingerprint density at radius 2 is 2.21 bits per heavy atom. The van der Waals surface area contributed by atoms with E-state index in [4.69, 9.17) is 16.3 Å². The number of pyridine rings is 1. The number of benzene rings is 1. The van der Waals surface area contributed by atoms with E-state index in [1.165, 1.54) is 0 Å². The summed E-state index contributed by atoms with van der Waals surface area (Å²) in [4.78, 5) is 4.11. The summed E-state index contributed by atoms with van der Waals surface area (Å²) in [5.41, 5.74) is 2.03. The van der Waals surface area contributed by atoms with E-state index in [1.54, 1.807) is 12.4 Å². The Kier molecular flexibility index (Phi) is 5.19. The number of hydrogen-bond donors (Lipinski definition) is 1. The highest BCUT2D eigenvalue weighted by Gasteiger charge is 2.08. The van der Waals surface area contributed by atoms with Crippen molar-refractivity contribution in [2.75, 3.05) is 7.05 Å². The van der Waals surface area contributed by atoms with Crippen molar-refractivity contribution in [3.63, 3.8) is 0 Å². The Morgan fingerprint density at radius 3 is 2.95 bits per heavy atom. The van der Waals surface area contributed by atoms with Crippen LogP contribution in [0.15, 0.2) is 41.1 Å². The third-order valence-electron chi connectivity index (χ3n) is 2.56. The van der Waals surface area contributed by atoms with Gasteiger partial charge in [-0.3, -0.25) is 4.98 Å². The lowest BCUT2D eigenvalue weighted by Crippen LogP contribution is -2.08. The first-order chi connectivity index (χ1) is 9.20. The summed E-state index contributed by atoms with van der Waals surface area (Å²) < 4.78 is 6.76. The molecule has 0 bridgehead atoms. The number of nitrogens with one attached hydrogen (secondary N) is 1. The van der Waals surface area contributed by atoms with Crippen LogP contribution in [0.1, 0.15) is 11.1 Å². The van der Waals surface area contributed by atoms with Crippen LogP contribution in [0.4, 0.5) is 0 Å². The van der Waals surface area contributed by atoms with Gasteiger partial charge < -0.3 is 10.1 Å². The van der Waals surface area contributed by atoms with Crippen LogP contribution in [0.5, 0.6) is 5.75 Å². The summed E-state index contributed by atoms with van der Waals surface area (Å²) in [7, 11) is 1.89. The van der Waals surface area contributed by atoms with Crippen LogP contribution in [-0.2, 0) is 13.2 Å². The van der Waals surface area contributed by atoms with E-state index in [1.807, 2.05) is 31.3 Å². The molecule has 0 amide bonds. The molecule has 0 saturated heterocycles. The molecule has 0 aliphatic rings. The molecule has 1 N–H and O–H groups in total. The average Bonchev–Trinajstić information content (AvgIpc) is 2.38. The van der Waals surface area contributed by atoms with Gasteiger partial charge >= 0.3 is 0 Å². The van der Waals surface area contributed by atoms with E-state index in [0.717, 1.165) is 21.3 Å². The average molecular weight is 342 g/mol. The van der Waals surface area contributed by atoms with Crippen LogP contribution in [0, 0.1) is 0 Å². The third kappa shape index (κ3) is 3.93. The smallest absolute Gasteiger partial charge is 0.142 e. The molecule has 100 valence electrons. The zero-order valence-electron chi connectivity index (χ0n) is 10.5. The summed E-state index contributed by atoms with van der Waals surface area (Å²) in [6, 6.07) is 7.72. The zero-order valence-corrected chi connectivity index (χ0v) is 12.8. The van der Waals surface area contributed by atoms with Crippen molar-refractivity contribution in [1.82, 2.24) is 10.3 Å². The lowest BCUT2D eigenvalue weighted by atomic mass is 10.2. The molecule has 0 radical (unpaired) electrons. The molecule has 0 fully saturated rings. The summed E-state index contributed by atoms with van der Waals surface area (Å²) in [6.07, 6.45) is 3.52. The number of nitrogens with zero attached hydrogens (tertiary/aromatic N) is 1. The monoisotopic (exact) mass is 340 g/mol. The molecule has 0 atom stereocenters. The van der Waals surface area contributed by atoms with Crippen molar-refractivity contribution in [2.45, 2.75) is 13.2 Å². The van der Waals surface area contributed by atoms with Gasteiger partial charge in [0.05, 0.1) is 5.02 Å². The molecule has 19 heavy (non-hydrogen) atoms. The van der Waals surface area contributed by atoms with E-state index in [0.29, 0.717) is 18.2 Å². The molecule has 2 aromatic rings. The fourth-order valence-electron chi connectivity index (χ4n) is 1.74. The predicted octanol–water partition coefficient (Wildman–Crippen LogP) is 3.80. The molecule has 1 aromatic carbocycles. The van der Waals surface area contributed by atoms with Crippen molar-refractivity contribution < 1.29 is 4.74 Å². The second-order valence-corrected chi connectivity index (χ2v) is 5.38.